The zero-order valence-corrected chi connectivity index (χ0v) is 14.8. The van der Waals surface area contributed by atoms with Gasteiger partial charge in [-0.15, -0.1) is 24.8 Å². The molecular formula is C16H20Cl2FN3O2. The van der Waals surface area contributed by atoms with Gasteiger partial charge >= 0.3 is 0 Å². The first-order valence-electron chi connectivity index (χ1n) is 7.34. The molecule has 0 saturated carbocycles. The van der Waals surface area contributed by atoms with E-state index in [4.69, 9.17) is 4.42 Å². The highest BCUT2D eigenvalue weighted by Crippen LogP contribution is 2.19. The summed E-state index contributed by atoms with van der Waals surface area (Å²) in [6, 6.07) is 6.10. The second kappa shape index (κ2) is 9.01. The quantitative estimate of drug-likeness (QED) is 0.895. The fraction of sp³-hybridized carbons (Fsp3) is 0.375. The average Bonchev–Trinajstić information content (AvgIpc) is 2.97. The highest BCUT2D eigenvalue weighted by Gasteiger charge is 2.23. The highest BCUT2D eigenvalue weighted by atomic mass is 35.5. The number of carbonyl (C=O) groups excluding carboxylic acids is 1. The van der Waals surface area contributed by atoms with Crippen molar-refractivity contribution in [2.24, 2.45) is 0 Å². The Bertz CT molecular complexity index is 664. The summed E-state index contributed by atoms with van der Waals surface area (Å²) in [6.07, 6.45) is 1.71. The standard InChI is InChI=1S/C16H18FN3O2.2ClH/c1-11-9-18-6-7-20(11)15(21)8-14-10-22-16(19-14)12-2-4-13(17)5-3-12;;/h2-5,10-11,18H,6-9H2,1H3;2*1H/t11-;;/m0../s1. The molecule has 1 aliphatic rings. The van der Waals surface area contributed by atoms with E-state index >= 15 is 0 Å². The first kappa shape index (κ1) is 20.4. The number of hydrogen-bond donors (Lipinski definition) is 1. The first-order chi connectivity index (χ1) is 10.6. The maximum atomic E-state index is 12.9. The lowest BCUT2D eigenvalue weighted by Gasteiger charge is -2.33. The number of nitrogens with zero attached hydrogens (tertiary/aromatic N) is 2. The van der Waals surface area contributed by atoms with Crippen LogP contribution >= 0.6 is 24.8 Å². The smallest absolute Gasteiger partial charge is 0.229 e. The molecule has 1 fully saturated rings. The zero-order chi connectivity index (χ0) is 15.5. The second-order valence-electron chi connectivity index (χ2n) is 5.47. The molecule has 1 aromatic carbocycles. The van der Waals surface area contributed by atoms with Gasteiger partial charge in [0.2, 0.25) is 11.8 Å². The van der Waals surface area contributed by atoms with Crippen LogP contribution in [0.25, 0.3) is 11.5 Å². The number of carbonyl (C=O) groups is 1. The largest absolute Gasteiger partial charge is 0.444 e. The fourth-order valence-corrected chi connectivity index (χ4v) is 2.58. The molecule has 24 heavy (non-hydrogen) atoms. The summed E-state index contributed by atoms with van der Waals surface area (Å²) in [5.41, 5.74) is 1.28. The van der Waals surface area contributed by atoms with Gasteiger partial charge < -0.3 is 14.6 Å². The van der Waals surface area contributed by atoms with Crippen LogP contribution in [0.1, 0.15) is 12.6 Å². The predicted molar refractivity (Wildman–Crippen MR) is 94.1 cm³/mol. The average molecular weight is 376 g/mol. The Morgan fingerprint density at radius 1 is 1.38 bits per heavy atom. The van der Waals surface area contributed by atoms with Gasteiger partial charge in [0.1, 0.15) is 12.1 Å². The number of nitrogens with one attached hydrogen (secondary N) is 1. The van der Waals surface area contributed by atoms with Crippen LogP contribution in [0.4, 0.5) is 4.39 Å². The van der Waals surface area contributed by atoms with E-state index in [1.165, 1.54) is 18.4 Å². The lowest BCUT2D eigenvalue weighted by atomic mass is 10.2. The summed E-state index contributed by atoms with van der Waals surface area (Å²) < 4.78 is 18.3. The molecule has 2 heterocycles. The van der Waals surface area contributed by atoms with Crippen molar-refractivity contribution >= 4 is 30.7 Å². The molecule has 1 amide bonds. The Morgan fingerprint density at radius 2 is 2.08 bits per heavy atom. The minimum Gasteiger partial charge on any atom is -0.444 e. The van der Waals surface area contributed by atoms with E-state index in [9.17, 15) is 9.18 Å². The van der Waals surface area contributed by atoms with Crippen molar-refractivity contribution in [2.45, 2.75) is 19.4 Å². The van der Waals surface area contributed by atoms with Crippen molar-refractivity contribution < 1.29 is 13.6 Å². The number of aromatic nitrogens is 1. The van der Waals surface area contributed by atoms with E-state index in [2.05, 4.69) is 10.3 Å². The van der Waals surface area contributed by atoms with Crippen molar-refractivity contribution in [3.05, 3.63) is 42.0 Å². The summed E-state index contributed by atoms with van der Waals surface area (Å²) in [5.74, 6) is 0.141. The molecule has 1 atom stereocenters. The predicted octanol–water partition coefficient (Wildman–Crippen LogP) is 2.69. The molecule has 1 saturated heterocycles. The van der Waals surface area contributed by atoms with Gasteiger partial charge in [-0.2, -0.15) is 0 Å². The molecule has 3 rings (SSSR count). The van der Waals surface area contributed by atoms with Gasteiger partial charge in [0.05, 0.1) is 12.1 Å². The number of rotatable bonds is 3. The van der Waals surface area contributed by atoms with Gasteiger partial charge in [-0.3, -0.25) is 4.79 Å². The molecule has 5 nitrogen and oxygen atoms in total. The van der Waals surface area contributed by atoms with Crippen LogP contribution in [0.15, 0.2) is 34.9 Å². The highest BCUT2D eigenvalue weighted by molar-refractivity contribution is 5.85. The molecule has 0 spiro atoms. The third-order valence-electron chi connectivity index (χ3n) is 3.80. The van der Waals surface area contributed by atoms with E-state index in [1.807, 2.05) is 11.8 Å². The third-order valence-corrected chi connectivity index (χ3v) is 3.80. The van der Waals surface area contributed by atoms with Crippen LogP contribution in [0.3, 0.4) is 0 Å². The Balaban J connectivity index is 0.00000144. The second-order valence-corrected chi connectivity index (χ2v) is 5.47. The number of benzene rings is 1. The van der Waals surface area contributed by atoms with E-state index < -0.39 is 0 Å². The van der Waals surface area contributed by atoms with Gasteiger partial charge in [0.25, 0.3) is 0 Å². The first-order valence-corrected chi connectivity index (χ1v) is 7.34. The summed E-state index contributed by atoms with van der Waals surface area (Å²) >= 11 is 0. The lowest BCUT2D eigenvalue weighted by molar-refractivity contribution is -0.133. The Kier molecular flexibility index (Phi) is 7.66. The molecule has 0 bridgehead atoms. The molecule has 1 aromatic heterocycles. The maximum Gasteiger partial charge on any atom is 0.229 e. The number of hydrogen-bond acceptors (Lipinski definition) is 4. The SMILES string of the molecule is C[C@H]1CNCCN1C(=O)Cc1coc(-c2ccc(F)cc2)n1.Cl.Cl. The minimum absolute atomic E-state index is 0. The van der Waals surface area contributed by atoms with E-state index in [1.54, 1.807) is 12.1 Å². The van der Waals surface area contributed by atoms with Crippen molar-refractivity contribution in [1.82, 2.24) is 15.2 Å². The number of halogens is 3. The maximum absolute atomic E-state index is 12.9. The fourth-order valence-electron chi connectivity index (χ4n) is 2.58. The molecule has 1 aliphatic heterocycles. The summed E-state index contributed by atoms with van der Waals surface area (Å²) in [6.45, 7) is 4.36. The molecule has 0 unspecified atom stereocenters. The number of amides is 1. The number of oxazole rings is 1. The zero-order valence-electron chi connectivity index (χ0n) is 13.2. The molecule has 1 N–H and O–H groups in total. The molecule has 132 valence electrons. The third kappa shape index (κ3) is 4.69. The van der Waals surface area contributed by atoms with Crippen LogP contribution in [0, 0.1) is 5.82 Å². The summed E-state index contributed by atoms with van der Waals surface area (Å²) in [4.78, 5) is 18.5. The topological polar surface area (TPSA) is 58.4 Å². The molecule has 0 aliphatic carbocycles. The van der Waals surface area contributed by atoms with Gasteiger partial charge in [0.15, 0.2) is 0 Å². The Labute approximate surface area is 152 Å². The van der Waals surface area contributed by atoms with Crippen LogP contribution in [0.5, 0.6) is 0 Å². The lowest BCUT2D eigenvalue weighted by Crippen LogP contribution is -2.52. The Hall–Kier alpha value is -1.63. The summed E-state index contributed by atoms with van der Waals surface area (Å²) in [7, 11) is 0. The van der Waals surface area contributed by atoms with E-state index in [-0.39, 0.29) is 49.0 Å². The van der Waals surface area contributed by atoms with Crippen LogP contribution in [-0.2, 0) is 11.2 Å². The molecule has 2 aromatic rings. The summed E-state index contributed by atoms with van der Waals surface area (Å²) in [5, 5.41) is 3.25. The minimum atomic E-state index is -0.307. The molecule has 0 radical (unpaired) electrons. The van der Waals surface area contributed by atoms with E-state index in [0.29, 0.717) is 23.7 Å². The monoisotopic (exact) mass is 375 g/mol. The molecular weight excluding hydrogens is 356 g/mol. The van der Waals surface area contributed by atoms with E-state index in [0.717, 1.165) is 13.1 Å². The number of piperazine rings is 1. The Morgan fingerprint density at radius 3 is 2.75 bits per heavy atom. The van der Waals surface area contributed by atoms with Crippen LogP contribution < -0.4 is 5.32 Å². The van der Waals surface area contributed by atoms with Crippen LogP contribution in [0.2, 0.25) is 0 Å². The van der Waals surface area contributed by atoms with Crippen molar-refractivity contribution in [1.29, 1.82) is 0 Å². The van der Waals surface area contributed by atoms with Crippen LogP contribution in [-0.4, -0.2) is 41.5 Å². The normalized spacial score (nSPS) is 16.9. The molecule has 8 heteroatoms. The van der Waals surface area contributed by atoms with Crippen molar-refractivity contribution in [2.75, 3.05) is 19.6 Å². The van der Waals surface area contributed by atoms with Crippen molar-refractivity contribution in [3.8, 4) is 11.5 Å². The van der Waals surface area contributed by atoms with Gasteiger partial charge in [-0.05, 0) is 31.2 Å². The van der Waals surface area contributed by atoms with Gasteiger partial charge in [0, 0.05) is 31.2 Å². The van der Waals surface area contributed by atoms with Crippen molar-refractivity contribution in [3.63, 3.8) is 0 Å². The van der Waals surface area contributed by atoms with Gasteiger partial charge in [-0.25, -0.2) is 9.37 Å². The van der Waals surface area contributed by atoms with Gasteiger partial charge in [-0.1, -0.05) is 0 Å².